The maximum Gasteiger partial charge on any atom is 0.276 e. The average molecular weight is 312 g/mol. The van der Waals surface area contributed by atoms with Crippen LogP contribution in [0.5, 0.6) is 0 Å². The molecule has 0 bridgehead atoms. The standard InChI is InChI=1S/C17H20N4O2/c1-11-6-8-18-16(19-11)12-7-9-21(10-12)17(22)15-13-4-2-3-5-14(13)23-20-15/h6,8,12H,2-5,7,9-10H2,1H3. The Morgan fingerprint density at radius 1 is 1.35 bits per heavy atom. The highest BCUT2D eigenvalue weighted by molar-refractivity contribution is 5.94. The Morgan fingerprint density at radius 3 is 3.09 bits per heavy atom. The highest BCUT2D eigenvalue weighted by Crippen LogP contribution is 2.29. The van der Waals surface area contributed by atoms with Gasteiger partial charge in [0.25, 0.3) is 5.91 Å². The Kier molecular flexibility index (Phi) is 3.59. The minimum absolute atomic E-state index is 0.00736. The third-order valence-corrected chi connectivity index (χ3v) is 4.81. The largest absolute Gasteiger partial charge is 0.360 e. The number of hydrogen-bond donors (Lipinski definition) is 0. The lowest BCUT2D eigenvalue weighted by Gasteiger charge is -2.16. The van der Waals surface area contributed by atoms with E-state index in [2.05, 4.69) is 15.1 Å². The molecule has 6 nitrogen and oxygen atoms in total. The van der Waals surface area contributed by atoms with Gasteiger partial charge < -0.3 is 9.42 Å². The van der Waals surface area contributed by atoms with Crippen LogP contribution in [0.1, 0.15) is 58.5 Å². The number of hydrogen-bond acceptors (Lipinski definition) is 5. The predicted molar refractivity (Wildman–Crippen MR) is 83.2 cm³/mol. The zero-order valence-electron chi connectivity index (χ0n) is 13.3. The number of likely N-dealkylation sites (tertiary alicyclic amines) is 1. The smallest absolute Gasteiger partial charge is 0.276 e. The molecule has 0 N–H and O–H groups in total. The van der Waals surface area contributed by atoms with Crippen LogP contribution in [0.2, 0.25) is 0 Å². The molecule has 0 saturated carbocycles. The molecule has 120 valence electrons. The third kappa shape index (κ3) is 2.62. The van der Waals surface area contributed by atoms with Crippen molar-refractivity contribution in [1.82, 2.24) is 20.0 Å². The van der Waals surface area contributed by atoms with Gasteiger partial charge in [-0.15, -0.1) is 0 Å². The molecule has 2 aromatic heterocycles. The minimum Gasteiger partial charge on any atom is -0.360 e. The summed E-state index contributed by atoms with van der Waals surface area (Å²) in [6, 6.07) is 1.89. The van der Waals surface area contributed by atoms with E-state index in [1.807, 2.05) is 17.9 Å². The molecule has 1 atom stereocenters. The summed E-state index contributed by atoms with van der Waals surface area (Å²) in [5.74, 6) is 1.94. The fraction of sp³-hybridized carbons (Fsp3) is 0.529. The summed E-state index contributed by atoms with van der Waals surface area (Å²) in [5.41, 5.74) is 2.51. The summed E-state index contributed by atoms with van der Waals surface area (Å²) in [7, 11) is 0. The fourth-order valence-electron chi connectivity index (χ4n) is 3.52. The maximum absolute atomic E-state index is 12.8. The van der Waals surface area contributed by atoms with E-state index in [4.69, 9.17) is 4.52 Å². The Balaban J connectivity index is 1.51. The van der Waals surface area contributed by atoms with Crippen LogP contribution in [-0.2, 0) is 12.8 Å². The molecule has 4 rings (SSSR count). The zero-order chi connectivity index (χ0) is 15.8. The molecule has 2 aromatic rings. The SMILES string of the molecule is Cc1ccnc(C2CCN(C(=O)c3noc4c3CCCC4)C2)n1. The molecular weight excluding hydrogens is 292 g/mol. The Morgan fingerprint density at radius 2 is 2.22 bits per heavy atom. The lowest BCUT2D eigenvalue weighted by Crippen LogP contribution is -2.30. The van der Waals surface area contributed by atoms with Gasteiger partial charge >= 0.3 is 0 Å². The number of carbonyl (C=O) groups is 1. The third-order valence-electron chi connectivity index (χ3n) is 4.81. The zero-order valence-corrected chi connectivity index (χ0v) is 13.3. The number of carbonyl (C=O) groups excluding carboxylic acids is 1. The second-order valence-electron chi connectivity index (χ2n) is 6.43. The van der Waals surface area contributed by atoms with Crippen LogP contribution in [0, 0.1) is 6.92 Å². The number of aromatic nitrogens is 3. The second-order valence-corrected chi connectivity index (χ2v) is 6.43. The summed E-state index contributed by atoms with van der Waals surface area (Å²) in [6.45, 7) is 3.34. The quantitative estimate of drug-likeness (QED) is 0.850. The van der Waals surface area contributed by atoms with E-state index in [9.17, 15) is 4.79 Å². The molecule has 1 unspecified atom stereocenters. The van der Waals surface area contributed by atoms with Crippen molar-refractivity contribution in [2.75, 3.05) is 13.1 Å². The molecule has 0 radical (unpaired) electrons. The first kappa shape index (κ1) is 14.4. The van der Waals surface area contributed by atoms with E-state index < -0.39 is 0 Å². The normalized spacial score (nSPS) is 20.6. The molecule has 3 heterocycles. The van der Waals surface area contributed by atoms with E-state index in [0.717, 1.165) is 61.5 Å². The van der Waals surface area contributed by atoms with Gasteiger partial charge in [0, 0.05) is 42.9 Å². The molecule has 1 aliphatic carbocycles. The minimum atomic E-state index is -0.00736. The Hall–Kier alpha value is -2.24. The lowest BCUT2D eigenvalue weighted by atomic mass is 9.96. The van der Waals surface area contributed by atoms with Gasteiger partial charge in [0.05, 0.1) is 0 Å². The van der Waals surface area contributed by atoms with Crippen molar-refractivity contribution in [2.45, 2.75) is 44.9 Å². The van der Waals surface area contributed by atoms with Gasteiger partial charge in [0.1, 0.15) is 11.6 Å². The second kappa shape index (κ2) is 5.76. The summed E-state index contributed by atoms with van der Waals surface area (Å²) in [6.07, 6.45) is 6.71. The Labute approximate surface area is 134 Å². The number of nitrogens with zero attached hydrogens (tertiary/aromatic N) is 4. The van der Waals surface area contributed by atoms with Gasteiger partial charge in [-0.2, -0.15) is 0 Å². The first-order chi connectivity index (χ1) is 11.2. The van der Waals surface area contributed by atoms with Crippen molar-refractivity contribution in [3.05, 3.63) is 40.8 Å². The van der Waals surface area contributed by atoms with Gasteiger partial charge in [-0.05, 0) is 38.7 Å². The van der Waals surface area contributed by atoms with Crippen molar-refractivity contribution in [2.24, 2.45) is 0 Å². The van der Waals surface area contributed by atoms with E-state index >= 15 is 0 Å². The van der Waals surface area contributed by atoms with Gasteiger partial charge in [-0.1, -0.05) is 5.16 Å². The van der Waals surface area contributed by atoms with Crippen LogP contribution >= 0.6 is 0 Å². The van der Waals surface area contributed by atoms with Crippen LogP contribution in [0.25, 0.3) is 0 Å². The molecule has 0 aromatic carbocycles. The van der Waals surface area contributed by atoms with Crippen LogP contribution in [0.15, 0.2) is 16.8 Å². The van der Waals surface area contributed by atoms with Gasteiger partial charge in [0.2, 0.25) is 0 Å². The van der Waals surface area contributed by atoms with E-state index in [1.54, 1.807) is 6.20 Å². The van der Waals surface area contributed by atoms with Crippen molar-refractivity contribution in [3.63, 3.8) is 0 Å². The van der Waals surface area contributed by atoms with Gasteiger partial charge in [-0.3, -0.25) is 4.79 Å². The molecule has 1 aliphatic heterocycles. The lowest BCUT2D eigenvalue weighted by molar-refractivity contribution is 0.0779. The number of amides is 1. The van der Waals surface area contributed by atoms with Crippen molar-refractivity contribution < 1.29 is 9.32 Å². The summed E-state index contributed by atoms with van der Waals surface area (Å²) >= 11 is 0. The van der Waals surface area contributed by atoms with E-state index in [1.165, 1.54) is 0 Å². The maximum atomic E-state index is 12.8. The van der Waals surface area contributed by atoms with Crippen LogP contribution in [0.3, 0.4) is 0 Å². The predicted octanol–water partition coefficient (Wildman–Crippen LogP) is 2.28. The highest BCUT2D eigenvalue weighted by atomic mass is 16.5. The van der Waals surface area contributed by atoms with Crippen molar-refractivity contribution in [1.29, 1.82) is 0 Å². The molecule has 1 amide bonds. The number of rotatable bonds is 2. The summed E-state index contributed by atoms with van der Waals surface area (Å²) in [4.78, 5) is 23.5. The van der Waals surface area contributed by atoms with E-state index in [0.29, 0.717) is 12.2 Å². The number of aryl methyl sites for hydroxylation is 2. The molecule has 1 saturated heterocycles. The molecule has 6 heteroatoms. The average Bonchev–Trinajstić information content (AvgIpc) is 3.22. The summed E-state index contributed by atoms with van der Waals surface area (Å²) in [5, 5.41) is 4.06. The first-order valence-electron chi connectivity index (χ1n) is 8.28. The summed E-state index contributed by atoms with van der Waals surface area (Å²) < 4.78 is 5.37. The molecule has 23 heavy (non-hydrogen) atoms. The highest BCUT2D eigenvalue weighted by Gasteiger charge is 2.33. The van der Waals surface area contributed by atoms with Crippen LogP contribution in [-0.4, -0.2) is 39.0 Å². The topological polar surface area (TPSA) is 72.1 Å². The molecule has 2 aliphatic rings. The van der Waals surface area contributed by atoms with E-state index in [-0.39, 0.29) is 11.8 Å². The molecular formula is C17H20N4O2. The molecule has 0 spiro atoms. The van der Waals surface area contributed by atoms with Crippen molar-refractivity contribution >= 4 is 5.91 Å². The van der Waals surface area contributed by atoms with Gasteiger partial charge in [0.15, 0.2) is 5.69 Å². The monoisotopic (exact) mass is 312 g/mol. The van der Waals surface area contributed by atoms with Gasteiger partial charge in [-0.25, -0.2) is 9.97 Å². The van der Waals surface area contributed by atoms with Crippen LogP contribution in [0.4, 0.5) is 0 Å². The molecule has 1 fully saturated rings. The Bertz CT molecular complexity index is 740. The first-order valence-corrected chi connectivity index (χ1v) is 8.28. The van der Waals surface area contributed by atoms with Crippen LogP contribution < -0.4 is 0 Å². The van der Waals surface area contributed by atoms with Crippen molar-refractivity contribution in [3.8, 4) is 0 Å². The number of fused-ring (bicyclic) bond motifs is 1. The fourth-order valence-corrected chi connectivity index (χ4v) is 3.52.